The summed E-state index contributed by atoms with van der Waals surface area (Å²) in [5, 5.41) is 12.2. The highest BCUT2D eigenvalue weighted by atomic mass is 16.5. The maximum absolute atomic E-state index is 12.8. The average molecular weight is 485 g/mol. The molecule has 4 unspecified atom stereocenters. The molecule has 2 aromatic rings. The molecule has 4 atom stereocenters. The summed E-state index contributed by atoms with van der Waals surface area (Å²) in [5.74, 6) is 0.751. The van der Waals surface area contributed by atoms with E-state index in [1.54, 1.807) is 19.0 Å². The van der Waals surface area contributed by atoms with Crippen LogP contribution >= 0.6 is 0 Å². The fraction of sp³-hybridized carbons (Fsp3) is 0.519. The lowest BCUT2D eigenvalue weighted by Gasteiger charge is -2.35. The topological polar surface area (TPSA) is 86.3 Å². The molecule has 8 heteroatoms. The number of amides is 1. The average Bonchev–Trinajstić information content (AvgIpc) is 2.86. The van der Waals surface area contributed by atoms with Crippen LogP contribution in [-0.4, -0.2) is 85.7 Å². The third-order valence-corrected chi connectivity index (χ3v) is 6.57. The lowest BCUT2D eigenvalue weighted by atomic mass is 10.0. The Morgan fingerprint density at radius 2 is 1.69 bits per heavy atom. The molecule has 1 saturated heterocycles. The summed E-state index contributed by atoms with van der Waals surface area (Å²) in [6.45, 7) is 9.78. The molecule has 0 radical (unpaired) electrons. The summed E-state index contributed by atoms with van der Waals surface area (Å²) in [6.07, 6.45) is 1.14. The van der Waals surface area contributed by atoms with E-state index in [0.29, 0.717) is 12.2 Å². The zero-order valence-electron chi connectivity index (χ0n) is 21.5. The zero-order valence-corrected chi connectivity index (χ0v) is 21.5. The van der Waals surface area contributed by atoms with Crippen molar-refractivity contribution < 1.29 is 19.5 Å². The Labute approximate surface area is 209 Å². The summed E-state index contributed by atoms with van der Waals surface area (Å²) in [4.78, 5) is 16.9. The molecule has 0 aliphatic carbocycles. The number of nitrogens with zero attached hydrogens (tertiary/aromatic N) is 2. The fourth-order valence-electron chi connectivity index (χ4n) is 4.52. The normalized spacial score (nSPS) is 20.3. The van der Waals surface area contributed by atoms with Crippen molar-refractivity contribution in [2.75, 3.05) is 40.3 Å². The summed E-state index contributed by atoms with van der Waals surface area (Å²) in [5.41, 5.74) is 4.88. The molecule has 3 N–H and O–H groups in total. The highest BCUT2D eigenvalue weighted by Crippen LogP contribution is 2.23. The molecule has 1 heterocycles. The van der Waals surface area contributed by atoms with Crippen molar-refractivity contribution in [2.24, 2.45) is 0 Å². The Morgan fingerprint density at radius 3 is 2.23 bits per heavy atom. The molecule has 192 valence electrons. The molecule has 8 nitrogen and oxygen atoms in total. The maximum atomic E-state index is 12.8. The molecule has 2 aromatic carbocycles. The van der Waals surface area contributed by atoms with Gasteiger partial charge in [-0.25, -0.2) is 0 Å². The van der Waals surface area contributed by atoms with Crippen LogP contribution in [0, 0.1) is 0 Å². The van der Waals surface area contributed by atoms with E-state index in [9.17, 15) is 10.0 Å². The van der Waals surface area contributed by atoms with Crippen LogP contribution in [-0.2, 0) is 4.74 Å². The van der Waals surface area contributed by atoms with Gasteiger partial charge in [-0.1, -0.05) is 24.3 Å². The number of carbonyl (C=O) groups excluding carboxylic acids is 1. The number of carbonyl (C=O) groups is 1. The third-order valence-electron chi connectivity index (χ3n) is 6.57. The smallest absolute Gasteiger partial charge is 0.253 e. The highest BCUT2D eigenvalue weighted by Gasteiger charge is 2.24. The number of hydrogen-bond donors (Lipinski definition) is 3. The molecule has 0 aromatic heterocycles. The predicted molar refractivity (Wildman–Crippen MR) is 138 cm³/mol. The Kier molecular flexibility index (Phi) is 10.1. The number of benzene rings is 2. The van der Waals surface area contributed by atoms with Gasteiger partial charge in [-0.2, -0.15) is 5.48 Å². The van der Waals surface area contributed by atoms with Crippen LogP contribution in [0.5, 0.6) is 5.75 Å². The number of nitrogens with one attached hydrogen (secondary N) is 2. The van der Waals surface area contributed by atoms with Gasteiger partial charge >= 0.3 is 0 Å². The number of hydroxylamine groups is 1. The summed E-state index contributed by atoms with van der Waals surface area (Å²) >= 11 is 0. The first kappa shape index (κ1) is 27.1. The number of ether oxygens (including phenoxy) is 2. The highest BCUT2D eigenvalue weighted by molar-refractivity contribution is 5.94. The van der Waals surface area contributed by atoms with E-state index in [-0.39, 0.29) is 24.2 Å². The van der Waals surface area contributed by atoms with Crippen molar-refractivity contribution in [3.05, 3.63) is 54.1 Å². The molecular weight excluding hydrogens is 444 g/mol. The zero-order chi connectivity index (χ0) is 25.4. The molecule has 1 aliphatic rings. The van der Waals surface area contributed by atoms with Crippen molar-refractivity contribution in [1.29, 1.82) is 0 Å². The van der Waals surface area contributed by atoms with E-state index in [1.807, 2.05) is 55.5 Å². The first-order valence-corrected chi connectivity index (χ1v) is 12.4. The van der Waals surface area contributed by atoms with E-state index >= 15 is 0 Å². The first-order chi connectivity index (χ1) is 16.8. The summed E-state index contributed by atoms with van der Waals surface area (Å²) < 4.78 is 11.7. The summed E-state index contributed by atoms with van der Waals surface area (Å²) in [6, 6.07) is 15.4. The van der Waals surface area contributed by atoms with Gasteiger partial charge in [-0.15, -0.1) is 0 Å². The van der Waals surface area contributed by atoms with Gasteiger partial charge in [0, 0.05) is 32.2 Å². The van der Waals surface area contributed by atoms with Crippen molar-refractivity contribution in [1.82, 2.24) is 20.6 Å². The van der Waals surface area contributed by atoms with Crippen LogP contribution in [0.25, 0.3) is 11.1 Å². The standard InChI is InChI=1S/C27H40N4O4/c1-19-17-31(18-20(2)35-19)15-6-16-34-25-13-11-23(12-14-25)22-7-9-24(10-8-22)27(32)30(5)21(3)26(28-4)29-33/h7-14,19-21,26,28-29,33H,6,15-18H2,1-5H3. The molecule has 1 amide bonds. The Morgan fingerprint density at radius 1 is 1.11 bits per heavy atom. The van der Waals surface area contributed by atoms with Gasteiger partial charge in [0.25, 0.3) is 5.91 Å². The van der Waals surface area contributed by atoms with Gasteiger partial charge in [0.1, 0.15) is 11.9 Å². The minimum Gasteiger partial charge on any atom is -0.494 e. The molecule has 0 spiro atoms. The Balaban J connectivity index is 1.49. The first-order valence-electron chi connectivity index (χ1n) is 12.4. The molecule has 0 bridgehead atoms. The van der Waals surface area contributed by atoms with Gasteiger partial charge < -0.3 is 24.9 Å². The van der Waals surface area contributed by atoms with Gasteiger partial charge in [0.2, 0.25) is 0 Å². The van der Waals surface area contributed by atoms with Crippen molar-refractivity contribution in [2.45, 2.75) is 51.6 Å². The number of hydrogen-bond acceptors (Lipinski definition) is 7. The number of rotatable bonds is 11. The van der Waals surface area contributed by atoms with Gasteiger partial charge in [-0.3, -0.25) is 9.69 Å². The number of morpholine rings is 1. The summed E-state index contributed by atoms with van der Waals surface area (Å²) in [7, 11) is 3.45. The van der Waals surface area contributed by atoms with Crippen LogP contribution in [0.1, 0.15) is 37.6 Å². The second kappa shape index (κ2) is 13.0. The minimum absolute atomic E-state index is 0.107. The fourth-order valence-corrected chi connectivity index (χ4v) is 4.52. The van der Waals surface area contributed by atoms with Gasteiger partial charge in [0.15, 0.2) is 0 Å². The van der Waals surface area contributed by atoms with Crippen LogP contribution in [0.3, 0.4) is 0 Å². The predicted octanol–water partition coefficient (Wildman–Crippen LogP) is 3.22. The Bertz CT molecular complexity index is 908. The minimum atomic E-state index is -0.421. The SMILES string of the molecule is CNC(NO)C(C)N(C)C(=O)c1ccc(-c2ccc(OCCCN3CC(C)OC(C)C3)cc2)cc1. The van der Waals surface area contributed by atoms with Crippen molar-refractivity contribution in [3.8, 4) is 16.9 Å². The maximum Gasteiger partial charge on any atom is 0.253 e. The molecule has 3 rings (SSSR count). The Hall–Kier alpha value is -2.49. The van der Waals surface area contributed by atoms with E-state index in [1.165, 1.54) is 0 Å². The quantitative estimate of drug-likeness (QED) is 0.257. The molecule has 0 saturated carbocycles. The van der Waals surface area contributed by atoms with Crippen molar-refractivity contribution >= 4 is 5.91 Å². The van der Waals surface area contributed by atoms with Crippen molar-refractivity contribution in [3.63, 3.8) is 0 Å². The van der Waals surface area contributed by atoms with Gasteiger partial charge in [0.05, 0.1) is 24.9 Å². The molecule has 35 heavy (non-hydrogen) atoms. The van der Waals surface area contributed by atoms with Crippen LogP contribution in [0.15, 0.2) is 48.5 Å². The lowest BCUT2D eigenvalue weighted by Crippen LogP contribution is -2.54. The van der Waals surface area contributed by atoms with E-state index in [0.717, 1.165) is 42.9 Å². The molecule has 1 aliphatic heterocycles. The van der Waals surface area contributed by atoms with E-state index in [2.05, 4.69) is 29.5 Å². The second-order valence-corrected chi connectivity index (χ2v) is 9.37. The monoisotopic (exact) mass is 484 g/mol. The van der Waals surface area contributed by atoms with Crippen LogP contribution < -0.4 is 15.5 Å². The molecular formula is C27H40N4O4. The second-order valence-electron chi connectivity index (χ2n) is 9.37. The number of likely N-dealkylation sites (N-methyl/N-ethyl adjacent to an activating group) is 2. The van der Waals surface area contributed by atoms with Gasteiger partial charge in [-0.05, 0) is 69.6 Å². The largest absolute Gasteiger partial charge is 0.494 e. The lowest BCUT2D eigenvalue weighted by molar-refractivity contribution is -0.0686. The van der Waals surface area contributed by atoms with Crippen LogP contribution in [0.2, 0.25) is 0 Å². The van der Waals surface area contributed by atoms with Crippen LogP contribution in [0.4, 0.5) is 0 Å². The van der Waals surface area contributed by atoms with E-state index in [4.69, 9.17) is 9.47 Å². The third kappa shape index (κ3) is 7.49. The molecule has 1 fully saturated rings. The van der Waals surface area contributed by atoms with E-state index < -0.39 is 6.17 Å².